The van der Waals surface area contributed by atoms with Crippen molar-refractivity contribution in [2.24, 2.45) is 5.92 Å². The van der Waals surface area contributed by atoms with Crippen LogP contribution in [0.25, 0.3) is 0 Å². The zero-order valence-electron chi connectivity index (χ0n) is 13.9. The molecule has 5 nitrogen and oxygen atoms in total. The SMILES string of the molecule is COc1ccccc1CN1CC(C(=O)Nc2ccc(Cl)cc2)CC1=O. The maximum atomic E-state index is 12.4. The zero-order valence-corrected chi connectivity index (χ0v) is 14.6. The molecule has 6 heteroatoms. The summed E-state index contributed by atoms with van der Waals surface area (Å²) in [5.41, 5.74) is 1.60. The van der Waals surface area contributed by atoms with E-state index in [1.54, 1.807) is 36.3 Å². The number of nitrogens with zero attached hydrogens (tertiary/aromatic N) is 1. The first kappa shape index (κ1) is 17.3. The van der Waals surface area contributed by atoms with E-state index in [-0.39, 0.29) is 24.2 Å². The van der Waals surface area contributed by atoms with Crippen molar-refractivity contribution in [2.75, 3.05) is 19.0 Å². The molecule has 0 saturated carbocycles. The van der Waals surface area contributed by atoms with Crippen molar-refractivity contribution < 1.29 is 14.3 Å². The van der Waals surface area contributed by atoms with E-state index in [1.807, 2.05) is 24.3 Å². The predicted molar refractivity (Wildman–Crippen MR) is 96.6 cm³/mol. The van der Waals surface area contributed by atoms with Gasteiger partial charge in [0.1, 0.15) is 5.75 Å². The average Bonchev–Trinajstić information content (AvgIpc) is 2.98. The van der Waals surface area contributed by atoms with E-state index in [9.17, 15) is 9.59 Å². The van der Waals surface area contributed by atoms with Crippen LogP contribution in [0.1, 0.15) is 12.0 Å². The van der Waals surface area contributed by atoms with Crippen molar-refractivity contribution >= 4 is 29.1 Å². The largest absolute Gasteiger partial charge is 0.496 e. The number of hydrogen-bond donors (Lipinski definition) is 1. The first-order chi connectivity index (χ1) is 12.1. The van der Waals surface area contributed by atoms with Gasteiger partial charge in [-0.15, -0.1) is 0 Å². The maximum Gasteiger partial charge on any atom is 0.229 e. The molecule has 2 amide bonds. The third-order valence-electron chi connectivity index (χ3n) is 4.25. The summed E-state index contributed by atoms with van der Waals surface area (Å²) in [7, 11) is 1.60. The Morgan fingerprint density at radius 3 is 2.68 bits per heavy atom. The van der Waals surface area contributed by atoms with Crippen LogP contribution in [0.15, 0.2) is 48.5 Å². The number of halogens is 1. The minimum Gasteiger partial charge on any atom is -0.496 e. The number of methoxy groups -OCH3 is 1. The van der Waals surface area contributed by atoms with Gasteiger partial charge in [0.25, 0.3) is 0 Å². The molecule has 1 aliphatic rings. The monoisotopic (exact) mass is 358 g/mol. The predicted octanol–water partition coefficient (Wildman–Crippen LogP) is 3.34. The molecule has 2 aromatic rings. The highest BCUT2D eigenvalue weighted by atomic mass is 35.5. The summed E-state index contributed by atoms with van der Waals surface area (Å²) in [5, 5.41) is 3.45. The number of carbonyl (C=O) groups is 2. The Labute approximate surface area is 151 Å². The van der Waals surface area contributed by atoms with Crippen LogP contribution < -0.4 is 10.1 Å². The lowest BCUT2D eigenvalue weighted by atomic mass is 10.1. The Bertz CT molecular complexity index is 776. The van der Waals surface area contributed by atoms with Crippen LogP contribution in [0.3, 0.4) is 0 Å². The van der Waals surface area contributed by atoms with Gasteiger partial charge in [-0.05, 0) is 30.3 Å². The van der Waals surface area contributed by atoms with Crippen molar-refractivity contribution in [2.45, 2.75) is 13.0 Å². The minimum atomic E-state index is -0.363. The first-order valence-corrected chi connectivity index (χ1v) is 8.40. The fraction of sp³-hybridized carbons (Fsp3) is 0.263. The van der Waals surface area contributed by atoms with Gasteiger partial charge in [-0.3, -0.25) is 9.59 Å². The summed E-state index contributed by atoms with van der Waals surface area (Å²) in [6, 6.07) is 14.5. The topological polar surface area (TPSA) is 58.6 Å². The molecule has 1 atom stereocenters. The Morgan fingerprint density at radius 1 is 1.24 bits per heavy atom. The average molecular weight is 359 g/mol. The molecule has 0 aromatic heterocycles. The second-order valence-corrected chi connectivity index (χ2v) is 6.42. The number of benzene rings is 2. The minimum absolute atomic E-state index is 0.0258. The van der Waals surface area contributed by atoms with Crippen LogP contribution in [-0.4, -0.2) is 30.4 Å². The lowest BCUT2D eigenvalue weighted by Crippen LogP contribution is -2.28. The summed E-state index contributed by atoms with van der Waals surface area (Å²) in [6.07, 6.45) is 0.217. The summed E-state index contributed by atoms with van der Waals surface area (Å²) in [4.78, 5) is 26.4. The molecule has 1 N–H and O–H groups in total. The lowest BCUT2D eigenvalue weighted by molar-refractivity contribution is -0.128. The van der Waals surface area contributed by atoms with E-state index in [0.717, 1.165) is 11.3 Å². The van der Waals surface area contributed by atoms with Crippen LogP contribution in [0.2, 0.25) is 5.02 Å². The van der Waals surface area contributed by atoms with Gasteiger partial charge in [-0.2, -0.15) is 0 Å². The second-order valence-electron chi connectivity index (χ2n) is 5.98. The first-order valence-electron chi connectivity index (χ1n) is 8.03. The fourth-order valence-electron chi connectivity index (χ4n) is 2.92. The van der Waals surface area contributed by atoms with Gasteiger partial charge in [0, 0.05) is 35.8 Å². The van der Waals surface area contributed by atoms with E-state index in [1.165, 1.54) is 0 Å². The highest BCUT2D eigenvalue weighted by molar-refractivity contribution is 6.30. The highest BCUT2D eigenvalue weighted by Gasteiger charge is 2.34. The van der Waals surface area contributed by atoms with Gasteiger partial charge in [-0.25, -0.2) is 0 Å². The molecule has 1 unspecified atom stereocenters. The molecule has 1 heterocycles. The third kappa shape index (κ3) is 4.12. The molecule has 1 fully saturated rings. The smallest absolute Gasteiger partial charge is 0.229 e. The number of carbonyl (C=O) groups excluding carboxylic acids is 2. The number of amides is 2. The summed E-state index contributed by atoms with van der Waals surface area (Å²) in [5.74, 6) is 0.197. The molecule has 0 bridgehead atoms. The number of anilines is 1. The quantitative estimate of drug-likeness (QED) is 0.891. The van der Waals surface area contributed by atoms with E-state index < -0.39 is 0 Å². The Kier molecular flexibility index (Phi) is 5.24. The molecule has 3 rings (SSSR count). The lowest BCUT2D eigenvalue weighted by Gasteiger charge is -2.18. The summed E-state index contributed by atoms with van der Waals surface area (Å²) >= 11 is 5.84. The molecule has 0 radical (unpaired) electrons. The molecule has 25 heavy (non-hydrogen) atoms. The van der Waals surface area contributed by atoms with Crippen molar-refractivity contribution in [1.82, 2.24) is 4.90 Å². The van der Waals surface area contributed by atoms with Crippen molar-refractivity contribution in [3.8, 4) is 5.75 Å². The van der Waals surface area contributed by atoms with Gasteiger partial charge in [0.05, 0.1) is 13.0 Å². The number of likely N-dealkylation sites (tertiary alicyclic amines) is 1. The van der Waals surface area contributed by atoms with Crippen molar-refractivity contribution in [3.05, 3.63) is 59.1 Å². The molecule has 2 aromatic carbocycles. The third-order valence-corrected chi connectivity index (χ3v) is 4.50. The maximum absolute atomic E-state index is 12.4. The number of nitrogens with one attached hydrogen (secondary N) is 1. The molecule has 1 saturated heterocycles. The molecule has 0 spiro atoms. The van der Waals surface area contributed by atoms with Gasteiger partial charge < -0.3 is 15.0 Å². The normalized spacial score (nSPS) is 16.8. The summed E-state index contributed by atoms with van der Waals surface area (Å²) in [6.45, 7) is 0.837. The Balaban J connectivity index is 1.63. The van der Waals surface area contributed by atoms with Gasteiger partial charge >= 0.3 is 0 Å². The van der Waals surface area contributed by atoms with E-state index in [0.29, 0.717) is 23.8 Å². The van der Waals surface area contributed by atoms with E-state index in [2.05, 4.69) is 5.32 Å². The van der Waals surface area contributed by atoms with Crippen LogP contribution in [0.5, 0.6) is 5.75 Å². The van der Waals surface area contributed by atoms with Crippen LogP contribution >= 0.6 is 11.6 Å². The Morgan fingerprint density at radius 2 is 1.96 bits per heavy atom. The Hall–Kier alpha value is -2.53. The van der Waals surface area contributed by atoms with Crippen LogP contribution in [-0.2, 0) is 16.1 Å². The van der Waals surface area contributed by atoms with E-state index >= 15 is 0 Å². The van der Waals surface area contributed by atoms with Gasteiger partial charge in [0.15, 0.2) is 0 Å². The number of para-hydroxylation sites is 1. The zero-order chi connectivity index (χ0) is 17.8. The molecule has 1 aliphatic heterocycles. The molecular formula is C19H19ClN2O3. The van der Waals surface area contributed by atoms with Gasteiger partial charge in [0.2, 0.25) is 11.8 Å². The molecule has 0 aliphatic carbocycles. The van der Waals surface area contributed by atoms with Crippen LogP contribution in [0.4, 0.5) is 5.69 Å². The molecular weight excluding hydrogens is 340 g/mol. The standard InChI is InChI=1S/C19H19ClN2O3/c1-25-17-5-3-2-4-13(17)11-22-12-14(10-18(22)23)19(24)21-16-8-6-15(20)7-9-16/h2-9,14H,10-12H2,1H3,(H,21,24). The fourth-order valence-corrected chi connectivity index (χ4v) is 3.04. The van der Waals surface area contributed by atoms with Gasteiger partial charge in [-0.1, -0.05) is 29.8 Å². The van der Waals surface area contributed by atoms with Crippen molar-refractivity contribution in [1.29, 1.82) is 0 Å². The number of rotatable bonds is 5. The number of ether oxygens (including phenoxy) is 1. The van der Waals surface area contributed by atoms with Crippen LogP contribution in [0, 0.1) is 5.92 Å². The summed E-state index contributed by atoms with van der Waals surface area (Å²) < 4.78 is 5.33. The second kappa shape index (κ2) is 7.57. The number of hydrogen-bond acceptors (Lipinski definition) is 3. The van der Waals surface area contributed by atoms with Crippen molar-refractivity contribution in [3.63, 3.8) is 0 Å². The highest BCUT2D eigenvalue weighted by Crippen LogP contribution is 2.25. The van der Waals surface area contributed by atoms with E-state index in [4.69, 9.17) is 16.3 Å². The molecule has 130 valence electrons.